The second-order valence-corrected chi connectivity index (χ2v) is 6.68. The van der Waals surface area contributed by atoms with Gasteiger partial charge in [0.05, 0.1) is 11.3 Å². The molecule has 2 heterocycles. The van der Waals surface area contributed by atoms with Crippen molar-refractivity contribution in [3.05, 3.63) is 68.2 Å². The van der Waals surface area contributed by atoms with Gasteiger partial charge in [-0.05, 0) is 63.7 Å². The first-order valence-corrected chi connectivity index (χ1v) is 8.85. The molecule has 0 unspecified atom stereocenters. The average Bonchev–Trinajstić information content (AvgIpc) is 3.23. The van der Waals surface area contributed by atoms with E-state index in [9.17, 15) is 23.7 Å². The van der Waals surface area contributed by atoms with E-state index in [2.05, 4.69) is 31.1 Å². The number of amides is 1. The number of anilines is 1. The Morgan fingerprint density at radius 1 is 1.41 bits per heavy atom. The van der Waals surface area contributed by atoms with Gasteiger partial charge in [0.25, 0.3) is 5.91 Å². The molecule has 0 radical (unpaired) electrons. The van der Waals surface area contributed by atoms with Crippen molar-refractivity contribution < 1.29 is 27.7 Å². The number of nitro groups is 1. The standard InChI is InChI=1S/C17H13BrF2N4O5/c1-9-6-10(29-17(19)20)2-4-13(9)21-16(25)14-5-3-11(28-14)7-23-8-12(18)15(22-23)24(26)27/h2-6,8,17H,7H2,1H3,(H,21,25). The van der Waals surface area contributed by atoms with Gasteiger partial charge in [0.2, 0.25) is 0 Å². The van der Waals surface area contributed by atoms with Crippen LogP contribution in [0.2, 0.25) is 0 Å². The number of benzene rings is 1. The summed E-state index contributed by atoms with van der Waals surface area (Å²) < 4.78 is 35.8. The van der Waals surface area contributed by atoms with Crippen molar-refractivity contribution in [2.45, 2.75) is 20.1 Å². The molecule has 3 rings (SSSR count). The summed E-state index contributed by atoms with van der Waals surface area (Å²) in [5, 5.41) is 17.3. The number of furan rings is 1. The summed E-state index contributed by atoms with van der Waals surface area (Å²) in [6.45, 7) is -1.23. The highest BCUT2D eigenvalue weighted by Crippen LogP contribution is 2.25. The van der Waals surface area contributed by atoms with Gasteiger partial charge >= 0.3 is 12.4 Å². The number of aryl methyl sites for hydroxylation is 1. The molecule has 1 amide bonds. The van der Waals surface area contributed by atoms with Crippen LogP contribution in [0.15, 0.2) is 45.4 Å². The number of ether oxygens (including phenoxy) is 1. The second kappa shape index (κ2) is 8.39. The van der Waals surface area contributed by atoms with Crippen LogP contribution in [0.4, 0.5) is 20.3 Å². The van der Waals surface area contributed by atoms with Crippen LogP contribution in [0.5, 0.6) is 5.75 Å². The number of halogens is 3. The summed E-state index contributed by atoms with van der Waals surface area (Å²) in [7, 11) is 0. The number of aromatic nitrogens is 2. The Morgan fingerprint density at radius 3 is 2.79 bits per heavy atom. The molecule has 0 atom stereocenters. The minimum Gasteiger partial charge on any atom is -0.454 e. The van der Waals surface area contributed by atoms with Crippen LogP contribution in [-0.2, 0) is 6.54 Å². The zero-order valence-electron chi connectivity index (χ0n) is 14.8. The Balaban J connectivity index is 1.68. The van der Waals surface area contributed by atoms with E-state index < -0.39 is 17.4 Å². The largest absolute Gasteiger partial charge is 0.454 e. The molecule has 1 N–H and O–H groups in total. The highest BCUT2D eigenvalue weighted by Gasteiger charge is 2.20. The fourth-order valence-electron chi connectivity index (χ4n) is 2.47. The number of alkyl halides is 2. The fraction of sp³-hybridized carbons (Fsp3) is 0.176. The fourth-order valence-corrected chi connectivity index (χ4v) is 2.93. The third-order valence-corrected chi connectivity index (χ3v) is 4.31. The van der Waals surface area contributed by atoms with Crippen LogP contribution in [-0.4, -0.2) is 27.2 Å². The lowest BCUT2D eigenvalue weighted by Crippen LogP contribution is -2.12. The maximum Gasteiger partial charge on any atom is 0.404 e. The van der Waals surface area contributed by atoms with Gasteiger partial charge in [-0.25, -0.2) is 0 Å². The molecular formula is C17H13BrF2N4O5. The molecule has 1 aromatic carbocycles. The van der Waals surface area contributed by atoms with E-state index in [4.69, 9.17) is 4.42 Å². The lowest BCUT2D eigenvalue weighted by molar-refractivity contribution is -0.390. The smallest absolute Gasteiger partial charge is 0.404 e. The van der Waals surface area contributed by atoms with Gasteiger partial charge in [0.15, 0.2) is 5.76 Å². The Hall–Kier alpha value is -3.28. The van der Waals surface area contributed by atoms with E-state index >= 15 is 0 Å². The maximum atomic E-state index is 12.4. The molecule has 9 nitrogen and oxygen atoms in total. The Kier molecular flexibility index (Phi) is 5.92. The molecule has 0 saturated heterocycles. The molecule has 29 heavy (non-hydrogen) atoms. The second-order valence-electron chi connectivity index (χ2n) is 5.83. The Labute approximate surface area is 170 Å². The number of hydrogen-bond acceptors (Lipinski definition) is 6. The predicted molar refractivity (Wildman–Crippen MR) is 100 cm³/mol. The minimum atomic E-state index is -2.94. The van der Waals surface area contributed by atoms with Crippen LogP contribution in [0, 0.1) is 17.0 Å². The summed E-state index contributed by atoms with van der Waals surface area (Å²) in [6.07, 6.45) is 1.42. The van der Waals surface area contributed by atoms with Crippen molar-refractivity contribution in [2.75, 3.05) is 5.32 Å². The van der Waals surface area contributed by atoms with Crippen molar-refractivity contribution in [3.8, 4) is 5.75 Å². The molecule has 152 valence electrons. The van der Waals surface area contributed by atoms with Crippen LogP contribution < -0.4 is 10.1 Å². The molecule has 0 bridgehead atoms. The molecule has 0 saturated carbocycles. The number of carbonyl (C=O) groups excluding carboxylic acids is 1. The monoisotopic (exact) mass is 470 g/mol. The molecule has 3 aromatic rings. The van der Waals surface area contributed by atoms with E-state index in [0.717, 1.165) is 0 Å². The van der Waals surface area contributed by atoms with E-state index in [1.54, 1.807) is 13.0 Å². The lowest BCUT2D eigenvalue weighted by atomic mass is 10.2. The van der Waals surface area contributed by atoms with Crippen LogP contribution in [0.25, 0.3) is 0 Å². The third-order valence-electron chi connectivity index (χ3n) is 3.75. The molecule has 0 aliphatic rings. The summed E-state index contributed by atoms with van der Waals surface area (Å²) in [4.78, 5) is 22.6. The van der Waals surface area contributed by atoms with Crippen molar-refractivity contribution in [1.29, 1.82) is 0 Å². The normalized spacial score (nSPS) is 10.9. The summed E-state index contributed by atoms with van der Waals surface area (Å²) in [5.41, 5.74) is 0.929. The van der Waals surface area contributed by atoms with Crippen LogP contribution >= 0.6 is 15.9 Å². The van der Waals surface area contributed by atoms with E-state index in [-0.39, 0.29) is 28.3 Å². The third kappa shape index (κ3) is 4.96. The Bertz CT molecular complexity index is 1070. The van der Waals surface area contributed by atoms with Crippen LogP contribution in [0.3, 0.4) is 0 Å². The summed E-state index contributed by atoms with van der Waals surface area (Å²) >= 11 is 3.05. The first-order chi connectivity index (χ1) is 13.7. The number of nitrogens with one attached hydrogen (secondary N) is 1. The highest BCUT2D eigenvalue weighted by molar-refractivity contribution is 9.10. The van der Waals surface area contributed by atoms with Gasteiger partial charge in [-0.15, -0.1) is 0 Å². The van der Waals surface area contributed by atoms with Gasteiger partial charge in [-0.1, -0.05) is 0 Å². The van der Waals surface area contributed by atoms with E-state index in [0.29, 0.717) is 17.0 Å². The van der Waals surface area contributed by atoms with Gasteiger partial charge in [-0.3, -0.25) is 4.79 Å². The highest BCUT2D eigenvalue weighted by atomic mass is 79.9. The number of nitrogens with zero attached hydrogens (tertiary/aromatic N) is 3. The maximum absolute atomic E-state index is 12.4. The quantitative estimate of drug-likeness (QED) is 0.405. The van der Waals surface area contributed by atoms with Gasteiger partial charge < -0.3 is 24.6 Å². The van der Waals surface area contributed by atoms with E-state index in [1.807, 2.05) is 0 Å². The zero-order chi connectivity index (χ0) is 21.1. The number of carbonyl (C=O) groups is 1. The molecule has 0 fully saturated rings. The van der Waals surface area contributed by atoms with Crippen molar-refractivity contribution in [1.82, 2.24) is 9.78 Å². The summed E-state index contributed by atoms with van der Waals surface area (Å²) in [5.74, 6) is -0.528. The SMILES string of the molecule is Cc1cc(OC(F)F)ccc1NC(=O)c1ccc(Cn2cc(Br)c([N+](=O)[O-])n2)o1. The molecule has 0 aliphatic carbocycles. The molecule has 2 aromatic heterocycles. The predicted octanol–water partition coefficient (Wildman–Crippen LogP) is 4.36. The van der Waals surface area contributed by atoms with Gasteiger partial charge in [-0.2, -0.15) is 13.5 Å². The van der Waals surface area contributed by atoms with Crippen LogP contribution in [0.1, 0.15) is 21.9 Å². The molecule has 12 heteroatoms. The van der Waals surface area contributed by atoms with E-state index in [1.165, 1.54) is 35.1 Å². The van der Waals surface area contributed by atoms with Gasteiger partial charge in [0.1, 0.15) is 22.5 Å². The topological polar surface area (TPSA) is 112 Å². The number of hydrogen-bond donors (Lipinski definition) is 1. The summed E-state index contributed by atoms with van der Waals surface area (Å²) in [6, 6.07) is 7.11. The molecular weight excluding hydrogens is 458 g/mol. The first-order valence-electron chi connectivity index (χ1n) is 8.06. The first kappa shape index (κ1) is 20.5. The average molecular weight is 471 g/mol. The lowest BCUT2D eigenvalue weighted by Gasteiger charge is -2.10. The Morgan fingerprint density at radius 2 is 2.17 bits per heavy atom. The molecule has 0 spiro atoms. The molecule has 0 aliphatic heterocycles. The van der Waals surface area contributed by atoms with Crippen molar-refractivity contribution in [2.24, 2.45) is 0 Å². The van der Waals surface area contributed by atoms with Crippen molar-refractivity contribution >= 4 is 33.3 Å². The number of rotatable bonds is 7. The minimum absolute atomic E-state index is 0.00743. The van der Waals surface area contributed by atoms with Gasteiger partial charge in [0, 0.05) is 5.69 Å². The van der Waals surface area contributed by atoms with Crippen molar-refractivity contribution in [3.63, 3.8) is 0 Å². The zero-order valence-corrected chi connectivity index (χ0v) is 16.4.